The number of ketones is 1. The number of thiophene rings is 1. The molecule has 1 aliphatic carbocycles. The highest BCUT2D eigenvalue weighted by molar-refractivity contribution is 7.17. The number of rotatable bonds is 7. The third kappa shape index (κ3) is 4.66. The zero-order valence-electron chi connectivity index (χ0n) is 16.2. The second-order valence-electron chi connectivity index (χ2n) is 7.00. The molecule has 0 saturated heterocycles. The Kier molecular flexibility index (Phi) is 6.59. The molecule has 28 heavy (non-hydrogen) atoms. The number of aryl methyl sites for hydroxylation is 1. The number of amides is 2. The van der Waals surface area contributed by atoms with E-state index in [-0.39, 0.29) is 30.7 Å². The van der Waals surface area contributed by atoms with Gasteiger partial charge in [-0.05, 0) is 38.3 Å². The zero-order chi connectivity index (χ0) is 20.1. The van der Waals surface area contributed by atoms with Crippen LogP contribution in [0.2, 0.25) is 0 Å². The number of benzene rings is 1. The van der Waals surface area contributed by atoms with Crippen molar-refractivity contribution in [2.45, 2.75) is 25.7 Å². The molecule has 0 aliphatic heterocycles. The average Bonchev–Trinajstić information content (AvgIpc) is 3.05. The van der Waals surface area contributed by atoms with E-state index < -0.39 is 0 Å². The topological polar surface area (TPSA) is 78.5 Å². The normalized spacial score (nSPS) is 13.1. The van der Waals surface area contributed by atoms with Gasteiger partial charge in [-0.2, -0.15) is 0 Å². The maximum Gasteiger partial charge on any atom is 0.239 e. The Balaban J connectivity index is 1.83. The Morgan fingerprint density at radius 3 is 2.43 bits per heavy atom. The van der Waals surface area contributed by atoms with Crippen molar-refractivity contribution in [3.63, 3.8) is 0 Å². The van der Waals surface area contributed by atoms with E-state index >= 15 is 0 Å². The molecule has 0 fully saturated rings. The summed E-state index contributed by atoms with van der Waals surface area (Å²) in [5.74, 6) is -0.428. The number of anilines is 1. The molecule has 2 amide bonds. The van der Waals surface area contributed by atoms with Crippen LogP contribution in [0, 0.1) is 0 Å². The minimum absolute atomic E-state index is 0.0472. The van der Waals surface area contributed by atoms with Crippen molar-refractivity contribution in [2.75, 3.05) is 32.5 Å². The van der Waals surface area contributed by atoms with Crippen molar-refractivity contribution < 1.29 is 14.4 Å². The van der Waals surface area contributed by atoms with Crippen LogP contribution in [0.3, 0.4) is 0 Å². The van der Waals surface area contributed by atoms with Crippen LogP contribution >= 0.6 is 11.3 Å². The summed E-state index contributed by atoms with van der Waals surface area (Å²) in [6.45, 7) is 0.218. The quantitative estimate of drug-likeness (QED) is 0.701. The molecule has 6 nitrogen and oxygen atoms in total. The Bertz CT molecular complexity index is 877. The number of fused-ring (bicyclic) bond motifs is 1. The SMILES string of the molecule is CNC(=O)CN(C)CC(=O)Nc1sc2c(c1C(=O)c1ccccc1)CCCC2. The molecule has 2 N–H and O–H groups in total. The molecular formula is C21H25N3O3S. The molecule has 1 aromatic carbocycles. The highest BCUT2D eigenvalue weighted by atomic mass is 32.1. The largest absolute Gasteiger partial charge is 0.358 e. The van der Waals surface area contributed by atoms with E-state index in [1.54, 1.807) is 31.1 Å². The van der Waals surface area contributed by atoms with Crippen molar-refractivity contribution in [3.05, 3.63) is 51.9 Å². The highest BCUT2D eigenvalue weighted by Gasteiger charge is 2.27. The first kappa shape index (κ1) is 20.2. The van der Waals surface area contributed by atoms with Gasteiger partial charge in [-0.3, -0.25) is 19.3 Å². The Hall–Kier alpha value is -2.51. The van der Waals surface area contributed by atoms with E-state index in [2.05, 4.69) is 10.6 Å². The van der Waals surface area contributed by atoms with Gasteiger partial charge in [0.05, 0.1) is 18.7 Å². The molecule has 0 saturated carbocycles. The third-order valence-corrected chi connectivity index (χ3v) is 6.00. The summed E-state index contributed by atoms with van der Waals surface area (Å²) < 4.78 is 0. The van der Waals surface area contributed by atoms with E-state index in [4.69, 9.17) is 0 Å². The van der Waals surface area contributed by atoms with Gasteiger partial charge in [-0.15, -0.1) is 11.3 Å². The summed E-state index contributed by atoms with van der Waals surface area (Å²) in [7, 11) is 3.28. The van der Waals surface area contributed by atoms with E-state index in [1.807, 2.05) is 18.2 Å². The number of nitrogens with one attached hydrogen (secondary N) is 2. The number of likely N-dealkylation sites (N-methyl/N-ethyl adjacent to an activating group) is 2. The van der Waals surface area contributed by atoms with Crippen LogP contribution in [-0.2, 0) is 22.4 Å². The Labute approximate surface area is 168 Å². The average molecular weight is 400 g/mol. The van der Waals surface area contributed by atoms with Crippen LogP contribution in [0.4, 0.5) is 5.00 Å². The van der Waals surface area contributed by atoms with Gasteiger partial charge < -0.3 is 10.6 Å². The third-order valence-electron chi connectivity index (χ3n) is 4.79. The number of nitrogens with zero attached hydrogens (tertiary/aromatic N) is 1. The molecule has 0 bridgehead atoms. The van der Waals surface area contributed by atoms with E-state index in [9.17, 15) is 14.4 Å². The van der Waals surface area contributed by atoms with Crippen LogP contribution in [0.25, 0.3) is 0 Å². The van der Waals surface area contributed by atoms with E-state index in [1.165, 1.54) is 16.2 Å². The number of carbonyl (C=O) groups is 3. The van der Waals surface area contributed by atoms with Gasteiger partial charge in [-0.25, -0.2) is 0 Å². The van der Waals surface area contributed by atoms with E-state index in [0.29, 0.717) is 16.1 Å². The molecule has 0 radical (unpaired) electrons. The summed E-state index contributed by atoms with van der Waals surface area (Å²) in [5, 5.41) is 6.09. The first-order chi connectivity index (χ1) is 13.5. The monoisotopic (exact) mass is 399 g/mol. The highest BCUT2D eigenvalue weighted by Crippen LogP contribution is 2.39. The van der Waals surface area contributed by atoms with Gasteiger partial charge in [0, 0.05) is 17.5 Å². The van der Waals surface area contributed by atoms with Gasteiger partial charge in [0.2, 0.25) is 11.8 Å². The minimum atomic E-state index is -0.230. The fourth-order valence-corrected chi connectivity index (χ4v) is 4.72. The zero-order valence-corrected chi connectivity index (χ0v) is 17.0. The lowest BCUT2D eigenvalue weighted by atomic mass is 9.92. The molecule has 1 aliphatic rings. The lowest BCUT2D eigenvalue weighted by Crippen LogP contribution is -2.37. The number of hydrogen-bond donors (Lipinski definition) is 2. The fourth-order valence-electron chi connectivity index (χ4n) is 3.42. The van der Waals surface area contributed by atoms with E-state index in [0.717, 1.165) is 31.2 Å². The number of carbonyl (C=O) groups excluding carboxylic acids is 3. The maximum absolute atomic E-state index is 13.2. The van der Waals surface area contributed by atoms with Crippen LogP contribution < -0.4 is 10.6 Å². The Morgan fingerprint density at radius 1 is 1.04 bits per heavy atom. The van der Waals surface area contributed by atoms with Crippen molar-refractivity contribution >= 4 is 33.9 Å². The van der Waals surface area contributed by atoms with Crippen LogP contribution in [0.5, 0.6) is 0 Å². The van der Waals surface area contributed by atoms with Gasteiger partial charge in [0.1, 0.15) is 5.00 Å². The van der Waals surface area contributed by atoms with Crippen LogP contribution in [0.15, 0.2) is 30.3 Å². The molecule has 0 spiro atoms. The van der Waals surface area contributed by atoms with Gasteiger partial charge in [0.25, 0.3) is 0 Å². The van der Waals surface area contributed by atoms with Crippen molar-refractivity contribution in [1.29, 1.82) is 0 Å². The summed E-state index contributed by atoms with van der Waals surface area (Å²) in [6, 6.07) is 9.18. The molecule has 148 valence electrons. The Morgan fingerprint density at radius 2 is 1.71 bits per heavy atom. The van der Waals surface area contributed by atoms with Gasteiger partial charge in [-0.1, -0.05) is 30.3 Å². The summed E-state index contributed by atoms with van der Waals surface area (Å²) in [5.41, 5.74) is 2.34. The van der Waals surface area contributed by atoms with Gasteiger partial charge in [0.15, 0.2) is 5.78 Å². The molecule has 1 heterocycles. The maximum atomic E-state index is 13.2. The first-order valence-electron chi connectivity index (χ1n) is 9.43. The summed E-state index contributed by atoms with van der Waals surface area (Å²) in [6.07, 6.45) is 3.98. The standard InChI is InChI=1S/C21H25N3O3S/c1-22-17(25)12-24(2)13-18(26)23-21-19(15-10-6-7-11-16(15)28-21)20(27)14-8-4-3-5-9-14/h3-5,8-9H,6-7,10-13H2,1-2H3,(H,22,25)(H,23,26). The predicted molar refractivity (Wildman–Crippen MR) is 111 cm³/mol. The second kappa shape index (κ2) is 9.12. The molecule has 3 rings (SSSR count). The first-order valence-corrected chi connectivity index (χ1v) is 10.2. The molecule has 0 atom stereocenters. The van der Waals surface area contributed by atoms with Crippen molar-refractivity contribution in [3.8, 4) is 0 Å². The smallest absolute Gasteiger partial charge is 0.239 e. The van der Waals surface area contributed by atoms with Crippen molar-refractivity contribution in [1.82, 2.24) is 10.2 Å². The molecular weight excluding hydrogens is 374 g/mol. The summed E-state index contributed by atoms with van der Waals surface area (Å²) in [4.78, 5) is 40.0. The number of hydrogen-bond acceptors (Lipinski definition) is 5. The molecule has 0 unspecified atom stereocenters. The van der Waals surface area contributed by atoms with Crippen LogP contribution in [0.1, 0.15) is 39.2 Å². The minimum Gasteiger partial charge on any atom is -0.358 e. The second-order valence-corrected chi connectivity index (χ2v) is 8.11. The van der Waals surface area contributed by atoms with Crippen molar-refractivity contribution in [2.24, 2.45) is 0 Å². The van der Waals surface area contributed by atoms with Crippen LogP contribution in [-0.4, -0.2) is 49.7 Å². The fraction of sp³-hybridized carbons (Fsp3) is 0.381. The van der Waals surface area contributed by atoms with Gasteiger partial charge >= 0.3 is 0 Å². The molecule has 1 aromatic heterocycles. The lowest BCUT2D eigenvalue weighted by molar-refractivity contribution is -0.122. The predicted octanol–water partition coefficient (Wildman–Crippen LogP) is 2.47. The summed E-state index contributed by atoms with van der Waals surface area (Å²) >= 11 is 1.51. The molecule has 2 aromatic rings. The molecule has 7 heteroatoms. The lowest BCUT2D eigenvalue weighted by Gasteiger charge is -2.15.